The molecule has 1 saturated heterocycles. The van der Waals surface area contributed by atoms with Crippen molar-refractivity contribution in [3.63, 3.8) is 0 Å². The first kappa shape index (κ1) is 16.5. The smallest absolute Gasteiger partial charge is 0.234 e. The number of benzene rings is 1. The molecule has 0 aromatic heterocycles. The maximum absolute atomic E-state index is 12.4. The summed E-state index contributed by atoms with van der Waals surface area (Å²) < 4.78 is 0. The Bertz CT molecular complexity index is 522. The molecule has 1 aliphatic heterocycles. The molecule has 120 valence electrons. The van der Waals surface area contributed by atoms with E-state index in [9.17, 15) is 9.59 Å². The maximum atomic E-state index is 12.4. The van der Waals surface area contributed by atoms with E-state index in [2.05, 4.69) is 10.2 Å². The Labute approximate surface area is 132 Å². The molecule has 5 nitrogen and oxygen atoms in total. The molecule has 1 fully saturated rings. The minimum absolute atomic E-state index is 0.0576. The molecule has 0 atom stereocenters. The van der Waals surface area contributed by atoms with Crippen molar-refractivity contribution < 1.29 is 9.59 Å². The second kappa shape index (κ2) is 7.94. The van der Waals surface area contributed by atoms with Gasteiger partial charge in [0.25, 0.3) is 0 Å². The summed E-state index contributed by atoms with van der Waals surface area (Å²) in [4.78, 5) is 28.0. The standard InChI is InChI=1S/C17H25N3O2/c1-3-18-16(21)13-19-8-10-20(11-9-19)17(22)12-15-7-5-4-6-14(15)2/h4-7H,3,8-13H2,1-2H3,(H,18,21). The second-order valence-corrected chi connectivity index (χ2v) is 5.71. The maximum Gasteiger partial charge on any atom is 0.234 e. The SMILES string of the molecule is CCNC(=O)CN1CCN(C(=O)Cc2ccccc2C)CC1. The number of amides is 2. The summed E-state index contributed by atoms with van der Waals surface area (Å²) in [6.45, 7) is 7.95. The van der Waals surface area contributed by atoms with Gasteiger partial charge in [0.05, 0.1) is 13.0 Å². The van der Waals surface area contributed by atoms with Crippen molar-refractivity contribution in [3.05, 3.63) is 35.4 Å². The third-order valence-electron chi connectivity index (χ3n) is 4.07. The highest BCUT2D eigenvalue weighted by Gasteiger charge is 2.22. The molecule has 1 aliphatic rings. The van der Waals surface area contributed by atoms with E-state index >= 15 is 0 Å². The molecule has 2 amide bonds. The number of piperazine rings is 1. The molecular weight excluding hydrogens is 278 g/mol. The van der Waals surface area contributed by atoms with Gasteiger partial charge in [-0.15, -0.1) is 0 Å². The van der Waals surface area contributed by atoms with E-state index in [0.717, 1.165) is 24.2 Å². The van der Waals surface area contributed by atoms with Gasteiger partial charge in [0, 0.05) is 32.7 Å². The fraction of sp³-hybridized carbons (Fsp3) is 0.529. The highest BCUT2D eigenvalue weighted by Crippen LogP contribution is 2.11. The average molecular weight is 303 g/mol. The van der Waals surface area contributed by atoms with Crippen LogP contribution in [-0.4, -0.2) is 60.9 Å². The molecule has 0 radical (unpaired) electrons. The minimum atomic E-state index is 0.0576. The van der Waals surface area contributed by atoms with Gasteiger partial charge in [-0.05, 0) is 25.0 Å². The van der Waals surface area contributed by atoms with Crippen molar-refractivity contribution in [2.45, 2.75) is 20.3 Å². The summed E-state index contributed by atoms with van der Waals surface area (Å²) in [6.07, 6.45) is 0.461. The van der Waals surface area contributed by atoms with Gasteiger partial charge < -0.3 is 10.2 Å². The van der Waals surface area contributed by atoms with Gasteiger partial charge in [-0.1, -0.05) is 24.3 Å². The van der Waals surface area contributed by atoms with Crippen molar-refractivity contribution in [2.75, 3.05) is 39.3 Å². The van der Waals surface area contributed by atoms with Crippen LogP contribution in [-0.2, 0) is 16.0 Å². The van der Waals surface area contributed by atoms with Gasteiger partial charge in [-0.3, -0.25) is 14.5 Å². The molecule has 0 unspecified atom stereocenters. The van der Waals surface area contributed by atoms with Crippen LogP contribution in [0.1, 0.15) is 18.1 Å². The summed E-state index contributed by atoms with van der Waals surface area (Å²) >= 11 is 0. The van der Waals surface area contributed by atoms with E-state index in [0.29, 0.717) is 32.6 Å². The van der Waals surface area contributed by atoms with E-state index < -0.39 is 0 Å². The van der Waals surface area contributed by atoms with Gasteiger partial charge in [-0.25, -0.2) is 0 Å². The van der Waals surface area contributed by atoms with Crippen molar-refractivity contribution in [1.82, 2.24) is 15.1 Å². The van der Waals surface area contributed by atoms with Crippen LogP contribution < -0.4 is 5.32 Å². The predicted octanol–water partition coefficient (Wildman–Crippen LogP) is 0.818. The Balaban J connectivity index is 1.80. The van der Waals surface area contributed by atoms with Crippen molar-refractivity contribution in [2.24, 2.45) is 0 Å². The number of likely N-dealkylation sites (N-methyl/N-ethyl adjacent to an activating group) is 1. The monoisotopic (exact) mass is 303 g/mol. The van der Waals surface area contributed by atoms with E-state index in [1.807, 2.05) is 43.0 Å². The van der Waals surface area contributed by atoms with Gasteiger partial charge in [0.2, 0.25) is 11.8 Å². The predicted molar refractivity (Wildman–Crippen MR) is 86.6 cm³/mol. The minimum Gasteiger partial charge on any atom is -0.355 e. The van der Waals surface area contributed by atoms with E-state index in [1.165, 1.54) is 0 Å². The van der Waals surface area contributed by atoms with Crippen LogP contribution >= 0.6 is 0 Å². The number of aryl methyl sites for hydroxylation is 1. The molecule has 1 heterocycles. The van der Waals surface area contributed by atoms with E-state index in [1.54, 1.807) is 0 Å². The molecule has 0 aliphatic carbocycles. The number of carbonyl (C=O) groups is 2. The van der Waals surface area contributed by atoms with Gasteiger partial charge in [0.15, 0.2) is 0 Å². The quantitative estimate of drug-likeness (QED) is 0.876. The molecule has 0 bridgehead atoms. The van der Waals surface area contributed by atoms with Crippen molar-refractivity contribution in [3.8, 4) is 0 Å². The van der Waals surface area contributed by atoms with Crippen molar-refractivity contribution >= 4 is 11.8 Å². The number of rotatable bonds is 5. The van der Waals surface area contributed by atoms with Crippen LogP contribution in [0.4, 0.5) is 0 Å². The lowest BCUT2D eigenvalue weighted by Crippen LogP contribution is -2.51. The van der Waals surface area contributed by atoms with Crippen LogP contribution in [0.3, 0.4) is 0 Å². The average Bonchev–Trinajstić information content (AvgIpc) is 2.50. The number of nitrogens with one attached hydrogen (secondary N) is 1. The second-order valence-electron chi connectivity index (χ2n) is 5.71. The fourth-order valence-corrected chi connectivity index (χ4v) is 2.69. The summed E-state index contributed by atoms with van der Waals surface area (Å²) in [5, 5.41) is 2.80. The molecule has 0 spiro atoms. The Kier molecular flexibility index (Phi) is 5.95. The third-order valence-corrected chi connectivity index (χ3v) is 4.07. The molecule has 5 heteroatoms. The normalized spacial score (nSPS) is 15.6. The largest absolute Gasteiger partial charge is 0.355 e. The lowest BCUT2D eigenvalue weighted by molar-refractivity contribution is -0.132. The Morgan fingerprint density at radius 3 is 2.45 bits per heavy atom. The zero-order valence-electron chi connectivity index (χ0n) is 13.5. The molecule has 2 rings (SSSR count). The Morgan fingerprint density at radius 1 is 1.14 bits per heavy atom. The van der Waals surface area contributed by atoms with Gasteiger partial charge in [0.1, 0.15) is 0 Å². The topological polar surface area (TPSA) is 52.7 Å². The molecule has 0 saturated carbocycles. The molecule has 22 heavy (non-hydrogen) atoms. The summed E-state index contributed by atoms with van der Waals surface area (Å²) in [5.41, 5.74) is 2.25. The van der Waals surface area contributed by atoms with Crippen LogP contribution in [0.25, 0.3) is 0 Å². The first-order chi connectivity index (χ1) is 10.6. The van der Waals surface area contributed by atoms with E-state index in [4.69, 9.17) is 0 Å². The molecule has 1 aromatic carbocycles. The lowest BCUT2D eigenvalue weighted by atomic mass is 10.1. The van der Waals surface area contributed by atoms with Gasteiger partial charge >= 0.3 is 0 Å². The highest BCUT2D eigenvalue weighted by atomic mass is 16.2. The first-order valence-electron chi connectivity index (χ1n) is 7.91. The highest BCUT2D eigenvalue weighted by molar-refractivity contribution is 5.79. The first-order valence-corrected chi connectivity index (χ1v) is 7.91. The van der Waals surface area contributed by atoms with Crippen LogP contribution in [0.15, 0.2) is 24.3 Å². The molecule has 1 N–H and O–H groups in total. The van der Waals surface area contributed by atoms with E-state index in [-0.39, 0.29) is 11.8 Å². The summed E-state index contributed by atoms with van der Waals surface area (Å²) in [5.74, 6) is 0.231. The molecule has 1 aromatic rings. The lowest BCUT2D eigenvalue weighted by Gasteiger charge is -2.34. The number of carbonyl (C=O) groups excluding carboxylic acids is 2. The zero-order chi connectivity index (χ0) is 15.9. The third kappa shape index (κ3) is 4.56. The molecular formula is C17H25N3O2. The Morgan fingerprint density at radius 2 is 1.82 bits per heavy atom. The number of nitrogens with zero attached hydrogens (tertiary/aromatic N) is 2. The van der Waals surface area contributed by atoms with Crippen LogP contribution in [0.2, 0.25) is 0 Å². The van der Waals surface area contributed by atoms with Crippen molar-refractivity contribution in [1.29, 1.82) is 0 Å². The Hall–Kier alpha value is -1.88. The number of hydrogen-bond acceptors (Lipinski definition) is 3. The van der Waals surface area contributed by atoms with Crippen LogP contribution in [0, 0.1) is 6.92 Å². The van der Waals surface area contributed by atoms with Crippen LogP contribution in [0.5, 0.6) is 0 Å². The number of hydrogen-bond donors (Lipinski definition) is 1. The summed E-state index contributed by atoms with van der Waals surface area (Å²) in [7, 11) is 0. The zero-order valence-corrected chi connectivity index (χ0v) is 13.5. The summed E-state index contributed by atoms with van der Waals surface area (Å²) in [6, 6.07) is 8.01. The van der Waals surface area contributed by atoms with Gasteiger partial charge in [-0.2, -0.15) is 0 Å². The fourth-order valence-electron chi connectivity index (χ4n) is 2.69.